The molecule has 40 valence electrons. The number of carboxylic acid groups (broad SMARTS) is 1. The van der Waals surface area contributed by atoms with Gasteiger partial charge in [-0.25, -0.2) is 4.79 Å². The molecule has 0 amide bonds. The normalized spacial score (nSPS) is 4.71. The SMILES string of the molecule is O=C(O)OO.[AlH3].[H-].[H-].[Mg+2]. The number of rotatable bonds is 0. The molecule has 0 aliphatic heterocycles. The van der Waals surface area contributed by atoms with Crippen LogP contribution in [0.25, 0.3) is 0 Å². The van der Waals surface area contributed by atoms with Gasteiger partial charge in [0.2, 0.25) is 0 Å². The molecule has 6 heteroatoms. The summed E-state index contributed by atoms with van der Waals surface area (Å²) in [4.78, 5) is 11.6. The van der Waals surface area contributed by atoms with Crippen molar-refractivity contribution in [2.24, 2.45) is 0 Å². The molecule has 0 aliphatic rings. The molecule has 0 saturated carbocycles. The molecular formula is CH7AlMgO4. The van der Waals surface area contributed by atoms with Crippen LogP contribution in [0.5, 0.6) is 0 Å². The van der Waals surface area contributed by atoms with Crippen LogP contribution in [0.4, 0.5) is 4.79 Å². The first-order chi connectivity index (χ1) is 2.27. The average molecular weight is 134 g/mol. The fraction of sp³-hybridized carbons (Fsp3) is 0. The van der Waals surface area contributed by atoms with E-state index in [1.165, 1.54) is 0 Å². The van der Waals surface area contributed by atoms with Gasteiger partial charge in [-0.05, 0) is 0 Å². The predicted molar refractivity (Wildman–Crippen MR) is 29.7 cm³/mol. The summed E-state index contributed by atoms with van der Waals surface area (Å²) in [6.07, 6.45) is -1.69. The first kappa shape index (κ1) is 15.6. The Bertz CT molecular complexity index is 53.8. The van der Waals surface area contributed by atoms with Gasteiger partial charge in [-0.2, -0.15) is 5.26 Å². The van der Waals surface area contributed by atoms with Crippen molar-refractivity contribution in [3.05, 3.63) is 0 Å². The van der Waals surface area contributed by atoms with Gasteiger partial charge in [0.05, 0.1) is 0 Å². The van der Waals surface area contributed by atoms with Crippen LogP contribution in [0.3, 0.4) is 0 Å². The summed E-state index contributed by atoms with van der Waals surface area (Å²) >= 11 is 0. The number of carbonyl (C=O) groups is 1. The topological polar surface area (TPSA) is 66.8 Å². The fourth-order valence-corrected chi connectivity index (χ4v) is 0. The van der Waals surface area contributed by atoms with Crippen LogP contribution in [0.1, 0.15) is 2.85 Å². The van der Waals surface area contributed by atoms with E-state index in [4.69, 9.17) is 15.2 Å². The summed E-state index contributed by atoms with van der Waals surface area (Å²) < 4.78 is 0. The predicted octanol–water partition coefficient (Wildman–Crippen LogP) is -1.19. The molecule has 0 aromatic rings. The molecule has 0 bridgehead atoms. The molecule has 0 atom stereocenters. The number of hydrogen-bond donors (Lipinski definition) is 2. The Morgan fingerprint density at radius 3 is 1.86 bits per heavy atom. The second kappa shape index (κ2) is 9.73. The van der Waals surface area contributed by atoms with Gasteiger partial charge < -0.3 is 7.96 Å². The molecule has 0 heterocycles. The van der Waals surface area contributed by atoms with Gasteiger partial charge in [-0.3, -0.25) is 4.89 Å². The molecule has 0 aliphatic carbocycles. The second-order valence-corrected chi connectivity index (χ2v) is 0.357. The fourth-order valence-electron chi connectivity index (χ4n) is 0. The van der Waals surface area contributed by atoms with Crippen molar-refractivity contribution in [1.82, 2.24) is 0 Å². The van der Waals surface area contributed by atoms with Crippen LogP contribution in [-0.2, 0) is 4.89 Å². The van der Waals surface area contributed by atoms with Crippen LogP contribution in [0.2, 0.25) is 0 Å². The molecule has 4 nitrogen and oxygen atoms in total. The molecule has 0 rings (SSSR count). The second-order valence-electron chi connectivity index (χ2n) is 0.357. The zero-order valence-corrected chi connectivity index (χ0v) is 4.33. The molecule has 0 aromatic carbocycles. The van der Waals surface area contributed by atoms with Crippen LogP contribution in [-0.4, -0.2) is 56.9 Å². The third-order valence-corrected chi connectivity index (χ3v) is 0.0781. The van der Waals surface area contributed by atoms with Gasteiger partial charge in [-0.1, -0.05) is 0 Å². The Balaban J connectivity index is -0.0000000133. The van der Waals surface area contributed by atoms with Gasteiger partial charge in [-0.15, -0.1) is 0 Å². The minimum atomic E-state index is -1.69. The van der Waals surface area contributed by atoms with E-state index in [1.54, 1.807) is 0 Å². The van der Waals surface area contributed by atoms with Crippen molar-refractivity contribution < 1.29 is 22.9 Å². The van der Waals surface area contributed by atoms with Crippen LogP contribution < -0.4 is 0 Å². The summed E-state index contributed by atoms with van der Waals surface area (Å²) in [5, 5.41) is 14.3. The zero-order chi connectivity index (χ0) is 4.28. The maximum absolute atomic E-state index is 8.90. The summed E-state index contributed by atoms with van der Waals surface area (Å²) in [5.74, 6) is 0. The molecule has 0 saturated heterocycles. The summed E-state index contributed by atoms with van der Waals surface area (Å²) in [6.45, 7) is 0. The first-order valence-corrected chi connectivity index (χ1v) is 0.814. The zero-order valence-electron chi connectivity index (χ0n) is 4.92. The van der Waals surface area contributed by atoms with E-state index in [9.17, 15) is 0 Å². The van der Waals surface area contributed by atoms with Crippen LogP contribution in [0, 0.1) is 0 Å². The standard InChI is InChI=1S/CH2O4.Al.Mg.5H/c2-1(3)5-4;;;;;;;/h4H,(H,2,3);;;;;;;/q;;+2;;;;2*-1. The largest absolute Gasteiger partial charge is 2.00 e. The van der Waals surface area contributed by atoms with Gasteiger partial charge in [0.25, 0.3) is 0 Å². The van der Waals surface area contributed by atoms with Crippen molar-refractivity contribution in [2.75, 3.05) is 0 Å². The van der Waals surface area contributed by atoms with Gasteiger partial charge in [0, 0.05) is 0 Å². The minimum Gasteiger partial charge on any atom is -1.00 e. The van der Waals surface area contributed by atoms with Crippen molar-refractivity contribution >= 4 is 46.6 Å². The molecule has 0 aromatic heterocycles. The molecule has 0 radical (unpaired) electrons. The minimum absolute atomic E-state index is 0. The van der Waals surface area contributed by atoms with Crippen molar-refractivity contribution in [1.29, 1.82) is 0 Å². The summed E-state index contributed by atoms with van der Waals surface area (Å²) in [7, 11) is 0. The van der Waals surface area contributed by atoms with Crippen LogP contribution >= 0.6 is 0 Å². The molecule has 0 unspecified atom stereocenters. The Morgan fingerprint density at radius 1 is 1.71 bits per heavy atom. The van der Waals surface area contributed by atoms with E-state index in [0.717, 1.165) is 0 Å². The van der Waals surface area contributed by atoms with E-state index >= 15 is 0 Å². The van der Waals surface area contributed by atoms with Crippen molar-refractivity contribution in [2.45, 2.75) is 0 Å². The Hall–Kier alpha value is 0.529. The monoisotopic (exact) mass is 134 g/mol. The van der Waals surface area contributed by atoms with Crippen molar-refractivity contribution in [3.63, 3.8) is 0 Å². The van der Waals surface area contributed by atoms with E-state index in [-0.39, 0.29) is 43.3 Å². The molecule has 0 spiro atoms. The van der Waals surface area contributed by atoms with Gasteiger partial charge in [0.1, 0.15) is 0 Å². The van der Waals surface area contributed by atoms with E-state index in [1.807, 2.05) is 0 Å². The van der Waals surface area contributed by atoms with Crippen molar-refractivity contribution in [3.8, 4) is 0 Å². The van der Waals surface area contributed by atoms with E-state index in [0.29, 0.717) is 0 Å². The quantitative estimate of drug-likeness (QED) is 0.248. The Kier molecular flexibility index (Phi) is 21.7. The molecule has 0 fully saturated rings. The summed E-state index contributed by atoms with van der Waals surface area (Å²) in [6, 6.07) is 0. The van der Waals surface area contributed by atoms with E-state index < -0.39 is 6.16 Å². The molecule has 2 N–H and O–H groups in total. The maximum Gasteiger partial charge on any atom is 2.00 e. The average Bonchev–Trinajstić information content (AvgIpc) is 1.38. The summed E-state index contributed by atoms with van der Waals surface area (Å²) in [5.41, 5.74) is 0. The third kappa shape index (κ3) is 20.9. The molecular weight excluding hydrogens is 127 g/mol. The maximum atomic E-state index is 8.90. The number of hydrogen-bond acceptors (Lipinski definition) is 3. The first-order valence-electron chi connectivity index (χ1n) is 0.814. The van der Waals surface area contributed by atoms with Gasteiger partial charge >= 0.3 is 29.2 Å². The third-order valence-electron chi connectivity index (χ3n) is 0.0781. The van der Waals surface area contributed by atoms with Gasteiger partial charge in [0.15, 0.2) is 17.4 Å². The Labute approximate surface area is 69.6 Å². The smallest absolute Gasteiger partial charge is 1.00 e. The van der Waals surface area contributed by atoms with Crippen LogP contribution in [0.15, 0.2) is 0 Å². The molecule has 7 heavy (non-hydrogen) atoms. The Morgan fingerprint density at radius 2 is 1.86 bits per heavy atom. The van der Waals surface area contributed by atoms with E-state index in [2.05, 4.69) is 4.89 Å².